The van der Waals surface area contributed by atoms with E-state index < -0.39 is 6.10 Å². The van der Waals surface area contributed by atoms with Gasteiger partial charge in [0.1, 0.15) is 0 Å². The summed E-state index contributed by atoms with van der Waals surface area (Å²) in [6, 6.07) is 13.6. The van der Waals surface area contributed by atoms with Gasteiger partial charge in [-0.2, -0.15) is 0 Å². The van der Waals surface area contributed by atoms with Crippen LogP contribution in [0.2, 0.25) is 0 Å². The Bertz CT molecular complexity index is 730. The number of hydrogen-bond acceptors (Lipinski definition) is 4. The van der Waals surface area contributed by atoms with E-state index in [1.54, 1.807) is 0 Å². The van der Waals surface area contributed by atoms with E-state index in [-0.39, 0.29) is 0 Å². The van der Waals surface area contributed by atoms with Gasteiger partial charge in [0.05, 0.1) is 19.3 Å². The minimum atomic E-state index is -0.482. The van der Waals surface area contributed by atoms with Crippen molar-refractivity contribution in [3.05, 3.63) is 59.8 Å². The van der Waals surface area contributed by atoms with Gasteiger partial charge in [0.25, 0.3) is 0 Å². The molecule has 6 heteroatoms. The summed E-state index contributed by atoms with van der Waals surface area (Å²) in [5.74, 6) is 2.14. The second kappa shape index (κ2) is 10.7. The molecular formula is C22H30N4O2. The van der Waals surface area contributed by atoms with Crippen LogP contribution in [0.3, 0.4) is 0 Å². The molecule has 1 unspecified atom stereocenters. The zero-order valence-corrected chi connectivity index (χ0v) is 16.5. The van der Waals surface area contributed by atoms with Crippen molar-refractivity contribution in [3.8, 4) is 5.88 Å². The molecule has 28 heavy (non-hydrogen) atoms. The Balaban J connectivity index is 1.45. The molecule has 0 aliphatic heterocycles. The van der Waals surface area contributed by atoms with Crippen molar-refractivity contribution in [2.24, 2.45) is 10.9 Å². The van der Waals surface area contributed by atoms with Crippen molar-refractivity contribution >= 4 is 5.96 Å². The molecule has 0 radical (unpaired) electrons. The number of nitrogens with zero attached hydrogens (tertiary/aromatic N) is 2. The van der Waals surface area contributed by atoms with E-state index >= 15 is 0 Å². The highest BCUT2D eigenvalue weighted by molar-refractivity contribution is 5.79. The van der Waals surface area contributed by atoms with Crippen molar-refractivity contribution < 1.29 is 9.84 Å². The van der Waals surface area contributed by atoms with Crippen LogP contribution in [0.25, 0.3) is 0 Å². The van der Waals surface area contributed by atoms with Crippen LogP contribution in [0, 0.1) is 5.92 Å². The number of benzene rings is 1. The van der Waals surface area contributed by atoms with E-state index in [9.17, 15) is 5.11 Å². The zero-order valence-electron chi connectivity index (χ0n) is 16.5. The SMILES string of the molecule is CCNC(=NCc1ccc(OCC2CC2)nc1)NCCC(O)c1ccccc1. The van der Waals surface area contributed by atoms with Crippen LogP contribution < -0.4 is 15.4 Å². The number of ether oxygens (including phenoxy) is 1. The number of nitrogens with one attached hydrogen (secondary N) is 2. The predicted molar refractivity (Wildman–Crippen MR) is 111 cm³/mol. The number of pyridine rings is 1. The van der Waals surface area contributed by atoms with E-state index in [0.717, 1.165) is 36.2 Å². The number of aliphatic hydroxyl groups excluding tert-OH is 1. The van der Waals surface area contributed by atoms with Gasteiger partial charge in [-0.3, -0.25) is 0 Å². The fraction of sp³-hybridized carbons (Fsp3) is 0.455. The third-order valence-electron chi connectivity index (χ3n) is 4.62. The molecule has 1 aromatic heterocycles. The van der Waals surface area contributed by atoms with Gasteiger partial charge >= 0.3 is 0 Å². The van der Waals surface area contributed by atoms with Crippen LogP contribution in [0.15, 0.2) is 53.7 Å². The maximum atomic E-state index is 10.3. The first-order valence-corrected chi connectivity index (χ1v) is 10.1. The first-order valence-electron chi connectivity index (χ1n) is 10.1. The van der Waals surface area contributed by atoms with Crippen LogP contribution in [0.4, 0.5) is 0 Å². The average Bonchev–Trinajstić information content (AvgIpc) is 3.56. The smallest absolute Gasteiger partial charge is 0.213 e. The van der Waals surface area contributed by atoms with E-state index in [0.29, 0.717) is 25.4 Å². The van der Waals surface area contributed by atoms with Gasteiger partial charge < -0.3 is 20.5 Å². The summed E-state index contributed by atoms with van der Waals surface area (Å²) in [4.78, 5) is 8.96. The van der Waals surface area contributed by atoms with E-state index in [1.807, 2.05) is 55.6 Å². The van der Waals surface area contributed by atoms with Crippen molar-refractivity contribution in [1.29, 1.82) is 0 Å². The lowest BCUT2D eigenvalue weighted by atomic mass is 10.1. The van der Waals surface area contributed by atoms with Crippen molar-refractivity contribution in [1.82, 2.24) is 15.6 Å². The van der Waals surface area contributed by atoms with E-state index in [2.05, 4.69) is 20.6 Å². The topological polar surface area (TPSA) is 78.8 Å². The van der Waals surface area contributed by atoms with E-state index in [4.69, 9.17) is 4.74 Å². The van der Waals surface area contributed by atoms with Crippen molar-refractivity contribution in [3.63, 3.8) is 0 Å². The van der Waals surface area contributed by atoms with Gasteiger partial charge in [-0.25, -0.2) is 9.98 Å². The number of aliphatic hydroxyl groups is 1. The molecule has 0 spiro atoms. The summed E-state index contributed by atoms with van der Waals surface area (Å²) in [6.45, 7) is 4.75. The van der Waals surface area contributed by atoms with Gasteiger partial charge in [-0.1, -0.05) is 36.4 Å². The minimum absolute atomic E-state index is 0.482. The summed E-state index contributed by atoms with van der Waals surface area (Å²) < 4.78 is 5.67. The molecule has 150 valence electrons. The summed E-state index contributed by atoms with van der Waals surface area (Å²) in [6.07, 6.45) is 4.49. The Morgan fingerprint density at radius 1 is 1.21 bits per heavy atom. The molecule has 0 amide bonds. The van der Waals surface area contributed by atoms with E-state index in [1.165, 1.54) is 12.8 Å². The molecule has 3 rings (SSSR count). The molecule has 0 bridgehead atoms. The molecule has 1 aliphatic rings. The van der Waals surface area contributed by atoms with Crippen LogP contribution in [0.1, 0.15) is 43.4 Å². The maximum absolute atomic E-state index is 10.3. The van der Waals surface area contributed by atoms with Gasteiger partial charge in [-0.15, -0.1) is 0 Å². The Morgan fingerprint density at radius 3 is 2.71 bits per heavy atom. The molecule has 3 N–H and O–H groups in total. The second-order valence-electron chi connectivity index (χ2n) is 7.10. The van der Waals surface area contributed by atoms with Crippen LogP contribution in [-0.4, -0.2) is 35.7 Å². The fourth-order valence-corrected chi connectivity index (χ4v) is 2.76. The highest BCUT2D eigenvalue weighted by Crippen LogP contribution is 2.29. The predicted octanol–water partition coefficient (Wildman–Crippen LogP) is 3.05. The molecule has 2 aromatic rings. The lowest BCUT2D eigenvalue weighted by Gasteiger charge is -2.14. The summed E-state index contributed by atoms with van der Waals surface area (Å²) in [5.41, 5.74) is 1.96. The number of aromatic nitrogens is 1. The second-order valence-corrected chi connectivity index (χ2v) is 7.10. The van der Waals surface area contributed by atoms with Crippen LogP contribution >= 0.6 is 0 Å². The lowest BCUT2D eigenvalue weighted by molar-refractivity contribution is 0.168. The van der Waals surface area contributed by atoms with Gasteiger partial charge in [-0.05, 0) is 43.2 Å². The highest BCUT2D eigenvalue weighted by atomic mass is 16.5. The summed E-state index contributed by atoms with van der Waals surface area (Å²) in [5, 5.41) is 16.8. The lowest BCUT2D eigenvalue weighted by Crippen LogP contribution is -2.38. The van der Waals surface area contributed by atoms with Crippen molar-refractivity contribution in [2.45, 2.75) is 38.8 Å². The van der Waals surface area contributed by atoms with Crippen molar-refractivity contribution in [2.75, 3.05) is 19.7 Å². The summed E-state index contributed by atoms with van der Waals surface area (Å²) in [7, 11) is 0. The Hall–Kier alpha value is -2.60. The summed E-state index contributed by atoms with van der Waals surface area (Å²) >= 11 is 0. The van der Waals surface area contributed by atoms with Gasteiger partial charge in [0, 0.05) is 25.4 Å². The maximum Gasteiger partial charge on any atom is 0.213 e. The molecule has 6 nitrogen and oxygen atoms in total. The quantitative estimate of drug-likeness (QED) is 0.435. The number of aliphatic imine (C=N–C) groups is 1. The van der Waals surface area contributed by atoms with Gasteiger partial charge in [0.2, 0.25) is 5.88 Å². The molecule has 1 fully saturated rings. The third-order valence-corrected chi connectivity index (χ3v) is 4.62. The standard InChI is InChI=1S/C22H30N4O2/c1-2-23-22(24-13-12-20(27)19-6-4-3-5-7-19)26-15-18-10-11-21(25-14-18)28-16-17-8-9-17/h3-7,10-11,14,17,20,27H,2,8-9,12-13,15-16H2,1H3,(H2,23,24,26). The molecule has 1 aliphatic carbocycles. The first-order chi connectivity index (χ1) is 13.7. The molecule has 1 heterocycles. The largest absolute Gasteiger partial charge is 0.477 e. The normalized spacial score (nSPS) is 15.1. The van der Waals surface area contributed by atoms with Gasteiger partial charge in [0.15, 0.2) is 5.96 Å². The minimum Gasteiger partial charge on any atom is -0.477 e. The Labute approximate surface area is 167 Å². The third kappa shape index (κ3) is 6.85. The molecule has 1 aromatic carbocycles. The Kier molecular flexibility index (Phi) is 7.67. The monoisotopic (exact) mass is 382 g/mol. The molecule has 1 saturated carbocycles. The molecular weight excluding hydrogens is 352 g/mol. The Morgan fingerprint density at radius 2 is 2.04 bits per heavy atom. The number of rotatable bonds is 10. The number of guanidine groups is 1. The fourth-order valence-electron chi connectivity index (χ4n) is 2.76. The first kappa shape index (κ1) is 20.1. The van der Waals surface area contributed by atoms with Crippen LogP contribution in [0.5, 0.6) is 5.88 Å². The average molecular weight is 383 g/mol. The highest BCUT2D eigenvalue weighted by Gasteiger charge is 2.22. The van der Waals surface area contributed by atoms with Crippen LogP contribution in [-0.2, 0) is 6.54 Å². The molecule has 0 saturated heterocycles. The zero-order chi connectivity index (χ0) is 19.6. The molecule has 1 atom stereocenters. The number of hydrogen-bond donors (Lipinski definition) is 3.